The second kappa shape index (κ2) is 6.81. The largest absolute Gasteiger partial charge is 0.494 e. The second-order valence-electron chi connectivity index (χ2n) is 5.17. The van der Waals surface area contributed by atoms with E-state index in [-0.39, 0.29) is 12.1 Å². The molecule has 1 aliphatic heterocycles. The highest BCUT2D eigenvalue weighted by Crippen LogP contribution is 2.37. The van der Waals surface area contributed by atoms with E-state index in [0.717, 1.165) is 24.2 Å². The molecule has 0 aromatic carbocycles. The fraction of sp³-hybridized carbons (Fsp3) is 0.800. The minimum atomic E-state index is -0.192. The number of carbonyl (C=O) groups is 1. The molecule has 0 aliphatic carbocycles. The number of allylic oxidation sites excluding steroid dienone is 1. The smallest absolute Gasteiger partial charge is 0.337 e. The Bertz CT molecular complexity index is 318. The molecule has 1 aliphatic rings. The van der Waals surface area contributed by atoms with Crippen molar-refractivity contribution in [3.63, 3.8) is 0 Å². The minimum Gasteiger partial charge on any atom is -0.494 e. The molecule has 0 amide bonds. The van der Waals surface area contributed by atoms with Crippen molar-refractivity contribution in [3.8, 4) is 0 Å². The lowest BCUT2D eigenvalue weighted by molar-refractivity contribution is -0.138. The molecule has 0 aromatic rings. The molecular weight excluding hydrogens is 228 g/mol. The van der Waals surface area contributed by atoms with E-state index in [4.69, 9.17) is 9.47 Å². The highest BCUT2D eigenvalue weighted by Gasteiger charge is 2.34. The molecule has 2 atom stereocenters. The lowest BCUT2D eigenvalue weighted by Crippen LogP contribution is -2.16. The van der Waals surface area contributed by atoms with Gasteiger partial charge in [-0.1, -0.05) is 27.7 Å². The standard InChI is InChI=1S/C15H26O3/c1-6-11-9-13(15(16)17-8-3)14(18-11)12(7-2)10(4)5/h10-12H,6-9H2,1-5H3. The van der Waals surface area contributed by atoms with E-state index in [1.807, 2.05) is 6.92 Å². The molecule has 104 valence electrons. The summed E-state index contributed by atoms with van der Waals surface area (Å²) in [6.45, 7) is 10.8. The molecule has 0 fully saturated rings. The van der Waals surface area contributed by atoms with Gasteiger partial charge in [-0.2, -0.15) is 0 Å². The summed E-state index contributed by atoms with van der Waals surface area (Å²) in [7, 11) is 0. The van der Waals surface area contributed by atoms with E-state index in [9.17, 15) is 4.79 Å². The molecule has 3 heteroatoms. The predicted octanol–water partition coefficient (Wildman–Crippen LogP) is 3.68. The third kappa shape index (κ3) is 3.27. The van der Waals surface area contributed by atoms with Crippen LogP contribution < -0.4 is 0 Å². The molecule has 0 radical (unpaired) electrons. The molecule has 0 N–H and O–H groups in total. The Balaban J connectivity index is 2.97. The van der Waals surface area contributed by atoms with Crippen molar-refractivity contribution in [2.24, 2.45) is 11.8 Å². The van der Waals surface area contributed by atoms with Crippen LogP contribution in [0.4, 0.5) is 0 Å². The zero-order valence-electron chi connectivity index (χ0n) is 12.3. The summed E-state index contributed by atoms with van der Waals surface area (Å²) in [4.78, 5) is 12.0. The summed E-state index contributed by atoms with van der Waals surface area (Å²) < 4.78 is 11.1. The molecule has 0 saturated carbocycles. The van der Waals surface area contributed by atoms with Gasteiger partial charge in [-0.3, -0.25) is 0 Å². The molecule has 1 heterocycles. The van der Waals surface area contributed by atoms with Crippen molar-refractivity contribution in [2.45, 2.75) is 60.0 Å². The Hall–Kier alpha value is -0.990. The van der Waals surface area contributed by atoms with Crippen LogP contribution in [0.2, 0.25) is 0 Å². The molecule has 0 aromatic heterocycles. The molecule has 0 saturated heterocycles. The van der Waals surface area contributed by atoms with Crippen molar-refractivity contribution in [3.05, 3.63) is 11.3 Å². The first-order valence-corrected chi connectivity index (χ1v) is 7.11. The van der Waals surface area contributed by atoms with Crippen LogP contribution >= 0.6 is 0 Å². The van der Waals surface area contributed by atoms with Crippen LogP contribution in [0, 0.1) is 11.8 Å². The summed E-state index contributed by atoms with van der Waals surface area (Å²) >= 11 is 0. The Labute approximate surface area is 111 Å². The third-order valence-corrected chi connectivity index (χ3v) is 3.58. The Kier molecular flexibility index (Phi) is 5.70. The van der Waals surface area contributed by atoms with Crippen LogP contribution in [0.15, 0.2) is 11.3 Å². The van der Waals surface area contributed by atoms with E-state index in [2.05, 4.69) is 27.7 Å². The monoisotopic (exact) mass is 254 g/mol. The second-order valence-corrected chi connectivity index (χ2v) is 5.17. The van der Waals surface area contributed by atoms with Crippen molar-refractivity contribution in [1.82, 2.24) is 0 Å². The van der Waals surface area contributed by atoms with Crippen molar-refractivity contribution < 1.29 is 14.3 Å². The van der Waals surface area contributed by atoms with Crippen molar-refractivity contribution >= 4 is 5.97 Å². The maximum absolute atomic E-state index is 12.0. The molecule has 2 unspecified atom stereocenters. The van der Waals surface area contributed by atoms with Gasteiger partial charge in [-0.15, -0.1) is 0 Å². The summed E-state index contributed by atoms with van der Waals surface area (Å²) in [5.41, 5.74) is 0.768. The molecule has 1 rings (SSSR count). The van der Waals surface area contributed by atoms with Gasteiger partial charge in [0.2, 0.25) is 0 Å². The first-order chi connectivity index (χ1) is 8.54. The van der Waals surface area contributed by atoms with Gasteiger partial charge in [0.25, 0.3) is 0 Å². The lowest BCUT2D eigenvalue weighted by Gasteiger charge is -2.22. The van der Waals surface area contributed by atoms with Gasteiger partial charge in [-0.05, 0) is 25.7 Å². The number of ether oxygens (including phenoxy) is 2. The van der Waals surface area contributed by atoms with E-state index < -0.39 is 0 Å². The van der Waals surface area contributed by atoms with Gasteiger partial charge in [0.05, 0.1) is 12.2 Å². The SMILES string of the molecule is CCOC(=O)C1=C(C(CC)C(C)C)OC(CC)C1. The maximum atomic E-state index is 12.0. The summed E-state index contributed by atoms with van der Waals surface area (Å²) in [6.07, 6.45) is 2.77. The van der Waals surface area contributed by atoms with Crippen LogP contribution in [-0.4, -0.2) is 18.7 Å². The Morgan fingerprint density at radius 3 is 2.50 bits per heavy atom. The van der Waals surface area contributed by atoms with Crippen LogP contribution in [0.5, 0.6) is 0 Å². The van der Waals surface area contributed by atoms with Gasteiger partial charge in [0, 0.05) is 12.3 Å². The molecule has 3 nitrogen and oxygen atoms in total. The van der Waals surface area contributed by atoms with E-state index in [1.165, 1.54) is 0 Å². The average Bonchev–Trinajstić information content (AvgIpc) is 2.74. The highest BCUT2D eigenvalue weighted by molar-refractivity contribution is 5.89. The van der Waals surface area contributed by atoms with Gasteiger partial charge in [0.15, 0.2) is 0 Å². The number of carbonyl (C=O) groups excluding carboxylic acids is 1. The number of esters is 1. The number of hydrogen-bond donors (Lipinski definition) is 0. The van der Waals surface area contributed by atoms with E-state index in [0.29, 0.717) is 24.9 Å². The first-order valence-electron chi connectivity index (χ1n) is 7.11. The quantitative estimate of drug-likeness (QED) is 0.678. The number of hydrogen-bond acceptors (Lipinski definition) is 3. The Morgan fingerprint density at radius 2 is 2.06 bits per heavy atom. The number of rotatable bonds is 6. The van der Waals surface area contributed by atoms with Gasteiger partial charge in [-0.25, -0.2) is 4.79 Å². The summed E-state index contributed by atoms with van der Waals surface area (Å²) in [6, 6.07) is 0. The molecule has 0 bridgehead atoms. The topological polar surface area (TPSA) is 35.5 Å². The van der Waals surface area contributed by atoms with E-state index in [1.54, 1.807) is 0 Å². The summed E-state index contributed by atoms with van der Waals surface area (Å²) in [5.74, 6) is 1.49. The van der Waals surface area contributed by atoms with Gasteiger partial charge >= 0.3 is 5.97 Å². The van der Waals surface area contributed by atoms with Crippen LogP contribution in [0.25, 0.3) is 0 Å². The minimum absolute atomic E-state index is 0.146. The fourth-order valence-corrected chi connectivity index (χ4v) is 2.52. The predicted molar refractivity (Wildman–Crippen MR) is 72.1 cm³/mol. The normalized spacial score (nSPS) is 21.1. The van der Waals surface area contributed by atoms with Crippen LogP contribution in [0.1, 0.15) is 53.9 Å². The van der Waals surface area contributed by atoms with Crippen molar-refractivity contribution in [2.75, 3.05) is 6.61 Å². The highest BCUT2D eigenvalue weighted by atomic mass is 16.5. The zero-order chi connectivity index (χ0) is 13.7. The van der Waals surface area contributed by atoms with Crippen molar-refractivity contribution in [1.29, 1.82) is 0 Å². The maximum Gasteiger partial charge on any atom is 0.337 e. The van der Waals surface area contributed by atoms with Crippen LogP contribution in [-0.2, 0) is 14.3 Å². The fourth-order valence-electron chi connectivity index (χ4n) is 2.52. The zero-order valence-corrected chi connectivity index (χ0v) is 12.3. The average molecular weight is 254 g/mol. The molecule has 18 heavy (non-hydrogen) atoms. The van der Waals surface area contributed by atoms with Gasteiger partial charge in [0.1, 0.15) is 11.9 Å². The summed E-state index contributed by atoms with van der Waals surface area (Å²) in [5, 5.41) is 0. The molecular formula is C15H26O3. The first kappa shape index (κ1) is 15.1. The van der Waals surface area contributed by atoms with Crippen LogP contribution in [0.3, 0.4) is 0 Å². The lowest BCUT2D eigenvalue weighted by atomic mass is 9.89. The Morgan fingerprint density at radius 1 is 1.39 bits per heavy atom. The third-order valence-electron chi connectivity index (χ3n) is 3.58. The van der Waals surface area contributed by atoms with Gasteiger partial charge < -0.3 is 9.47 Å². The van der Waals surface area contributed by atoms with E-state index >= 15 is 0 Å². The molecule has 0 spiro atoms.